The normalized spacial score (nSPS) is 15.2. The van der Waals surface area contributed by atoms with Crippen LogP contribution in [-0.2, 0) is 17.9 Å². The lowest BCUT2D eigenvalue weighted by atomic mass is 10.1. The van der Waals surface area contributed by atoms with Crippen molar-refractivity contribution in [2.45, 2.75) is 51.8 Å². The zero-order valence-corrected chi connectivity index (χ0v) is 23.4. The number of aromatic nitrogens is 3. The van der Waals surface area contributed by atoms with Crippen molar-refractivity contribution in [3.05, 3.63) is 80.8 Å². The van der Waals surface area contributed by atoms with E-state index >= 15 is 0 Å². The highest BCUT2D eigenvalue weighted by molar-refractivity contribution is 7.18. The Labute approximate surface area is 231 Å². The molecular formula is C29H32N4O5S. The van der Waals surface area contributed by atoms with E-state index in [1.165, 1.54) is 11.3 Å². The summed E-state index contributed by atoms with van der Waals surface area (Å²) in [7, 11) is 3.19. The van der Waals surface area contributed by atoms with Crippen molar-refractivity contribution in [3.63, 3.8) is 0 Å². The summed E-state index contributed by atoms with van der Waals surface area (Å²) in [6.07, 6.45) is 1.22. The van der Waals surface area contributed by atoms with Gasteiger partial charge in [-0.05, 0) is 30.5 Å². The number of benzene rings is 2. The minimum atomic E-state index is -0.375. The highest BCUT2D eigenvalue weighted by Gasteiger charge is 2.34. The number of nitrogens with zero attached hydrogens (tertiary/aromatic N) is 4. The van der Waals surface area contributed by atoms with Gasteiger partial charge in [0.05, 0.1) is 26.8 Å². The molecule has 204 valence electrons. The second-order valence-electron chi connectivity index (χ2n) is 9.79. The Morgan fingerprint density at radius 1 is 1.10 bits per heavy atom. The maximum Gasteiger partial charge on any atom is 0.410 e. The first-order valence-corrected chi connectivity index (χ1v) is 13.8. The molecule has 0 spiro atoms. The molecule has 1 amide bonds. The first-order valence-electron chi connectivity index (χ1n) is 13.0. The van der Waals surface area contributed by atoms with Crippen LogP contribution >= 0.6 is 11.3 Å². The van der Waals surface area contributed by atoms with Gasteiger partial charge in [0.2, 0.25) is 0 Å². The van der Waals surface area contributed by atoms with Gasteiger partial charge < -0.3 is 14.2 Å². The summed E-state index contributed by atoms with van der Waals surface area (Å²) in [5, 5.41) is 0.707. The molecule has 1 atom stereocenters. The quantitative estimate of drug-likeness (QED) is 0.286. The van der Waals surface area contributed by atoms with Gasteiger partial charge in [0.25, 0.3) is 5.56 Å². The number of hydrogen-bond donors (Lipinski definition) is 0. The van der Waals surface area contributed by atoms with Crippen molar-refractivity contribution in [2.24, 2.45) is 0 Å². The summed E-state index contributed by atoms with van der Waals surface area (Å²) < 4.78 is 18.1. The smallest absolute Gasteiger partial charge is 0.410 e. The van der Waals surface area contributed by atoms with Crippen molar-refractivity contribution >= 4 is 27.8 Å². The molecule has 39 heavy (non-hydrogen) atoms. The average Bonchev–Trinajstić information content (AvgIpc) is 3.61. The number of amides is 1. The molecule has 0 N–H and O–H groups in total. The molecule has 5 rings (SSSR count). The minimum absolute atomic E-state index is 0.00726. The largest absolute Gasteiger partial charge is 0.497 e. The molecule has 0 aliphatic carbocycles. The van der Waals surface area contributed by atoms with Crippen LogP contribution in [0.4, 0.5) is 4.79 Å². The predicted octanol–water partition coefficient (Wildman–Crippen LogP) is 5.52. The first kappa shape index (κ1) is 26.7. The topological polar surface area (TPSA) is 95.8 Å². The summed E-state index contributed by atoms with van der Waals surface area (Å²) in [5.74, 6) is 1.98. The van der Waals surface area contributed by atoms with Gasteiger partial charge in [0, 0.05) is 24.1 Å². The van der Waals surface area contributed by atoms with Crippen LogP contribution in [0.15, 0.2) is 53.3 Å². The van der Waals surface area contributed by atoms with Crippen LogP contribution in [0.2, 0.25) is 0 Å². The number of rotatable bonds is 8. The number of carbonyl (C=O) groups excluding carboxylic acids is 1. The Bertz CT molecular complexity index is 1530. The van der Waals surface area contributed by atoms with Crippen LogP contribution in [0, 0.1) is 0 Å². The summed E-state index contributed by atoms with van der Waals surface area (Å²) in [4.78, 5) is 38.7. The van der Waals surface area contributed by atoms with E-state index in [1.807, 2.05) is 56.3 Å². The Morgan fingerprint density at radius 2 is 1.90 bits per heavy atom. The van der Waals surface area contributed by atoms with Gasteiger partial charge in [0.15, 0.2) is 10.3 Å². The predicted molar refractivity (Wildman–Crippen MR) is 150 cm³/mol. The molecule has 0 radical (unpaired) electrons. The standard InChI is InChI=1S/C29H32N4O5S/c1-18(2)25-31-27-24(28(34)33(25)16-20-12-13-21(36-3)15-23(20)37-4)30-26(39-27)22-11-8-14-32(22)29(35)38-17-19-9-6-5-7-10-19/h5-7,9-10,12-13,15,18,22H,8,11,14,16-17H2,1-4H3. The number of thiazole rings is 1. The highest BCUT2D eigenvalue weighted by Crippen LogP contribution is 2.36. The third kappa shape index (κ3) is 5.47. The van der Waals surface area contributed by atoms with Crippen molar-refractivity contribution < 1.29 is 19.0 Å². The molecule has 1 aliphatic rings. The Hall–Kier alpha value is -3.92. The highest BCUT2D eigenvalue weighted by atomic mass is 32.1. The number of methoxy groups -OCH3 is 2. The second kappa shape index (κ2) is 11.4. The lowest BCUT2D eigenvalue weighted by Gasteiger charge is -2.22. The van der Waals surface area contributed by atoms with Crippen LogP contribution in [0.1, 0.15) is 60.6 Å². The number of hydrogen-bond acceptors (Lipinski definition) is 8. The maximum atomic E-state index is 13.8. The summed E-state index contributed by atoms with van der Waals surface area (Å²) in [6, 6.07) is 14.9. The minimum Gasteiger partial charge on any atom is -0.497 e. The Kier molecular flexibility index (Phi) is 7.83. The first-order chi connectivity index (χ1) is 18.9. The van der Waals surface area contributed by atoms with Gasteiger partial charge in [-0.15, -0.1) is 0 Å². The van der Waals surface area contributed by atoms with E-state index in [-0.39, 0.29) is 36.8 Å². The van der Waals surface area contributed by atoms with Crippen LogP contribution in [0.3, 0.4) is 0 Å². The van der Waals surface area contributed by atoms with Gasteiger partial charge in [-0.1, -0.05) is 55.5 Å². The van der Waals surface area contributed by atoms with Crippen LogP contribution < -0.4 is 15.0 Å². The van der Waals surface area contributed by atoms with Crippen molar-refractivity contribution in [1.29, 1.82) is 0 Å². The molecule has 1 aliphatic heterocycles. The maximum absolute atomic E-state index is 13.8. The van der Waals surface area contributed by atoms with Crippen LogP contribution in [0.5, 0.6) is 11.5 Å². The van der Waals surface area contributed by atoms with E-state index in [0.29, 0.717) is 39.2 Å². The molecule has 1 saturated heterocycles. The van der Waals surface area contributed by atoms with E-state index < -0.39 is 0 Å². The van der Waals surface area contributed by atoms with E-state index in [1.54, 1.807) is 29.8 Å². The van der Waals surface area contributed by atoms with Gasteiger partial charge in [-0.3, -0.25) is 14.3 Å². The fourth-order valence-corrected chi connectivity index (χ4v) is 5.96. The fourth-order valence-electron chi connectivity index (χ4n) is 4.87. The molecule has 10 heteroatoms. The third-order valence-electron chi connectivity index (χ3n) is 6.88. The van der Waals surface area contributed by atoms with E-state index in [9.17, 15) is 9.59 Å². The zero-order chi connectivity index (χ0) is 27.5. The molecule has 2 aromatic heterocycles. The zero-order valence-electron chi connectivity index (χ0n) is 22.5. The van der Waals surface area contributed by atoms with Crippen molar-refractivity contribution in [2.75, 3.05) is 20.8 Å². The molecule has 0 bridgehead atoms. The SMILES string of the molecule is COc1ccc(Cn2c(C(C)C)nc3sc(C4CCCN4C(=O)OCc4ccccc4)nc3c2=O)c(OC)c1. The average molecular weight is 549 g/mol. The molecular weight excluding hydrogens is 516 g/mol. The monoisotopic (exact) mass is 548 g/mol. The fraction of sp³-hybridized carbons (Fsp3) is 0.379. The second-order valence-corrected chi connectivity index (χ2v) is 10.8. The third-order valence-corrected chi connectivity index (χ3v) is 7.93. The lowest BCUT2D eigenvalue weighted by Crippen LogP contribution is -2.31. The molecule has 9 nitrogen and oxygen atoms in total. The van der Waals surface area contributed by atoms with Gasteiger partial charge >= 0.3 is 6.09 Å². The van der Waals surface area contributed by atoms with Gasteiger partial charge in [-0.25, -0.2) is 14.8 Å². The molecule has 0 saturated carbocycles. The lowest BCUT2D eigenvalue weighted by molar-refractivity contribution is 0.0920. The Morgan fingerprint density at radius 3 is 2.62 bits per heavy atom. The van der Waals surface area contributed by atoms with Gasteiger partial charge in [0.1, 0.15) is 28.9 Å². The molecule has 1 unspecified atom stereocenters. The van der Waals surface area contributed by atoms with E-state index in [0.717, 1.165) is 24.0 Å². The molecule has 3 heterocycles. The molecule has 4 aromatic rings. The van der Waals surface area contributed by atoms with Gasteiger partial charge in [-0.2, -0.15) is 0 Å². The number of fused-ring (bicyclic) bond motifs is 1. The number of carbonyl (C=O) groups is 1. The van der Waals surface area contributed by atoms with E-state index in [2.05, 4.69) is 0 Å². The summed E-state index contributed by atoms with van der Waals surface area (Å²) in [5.41, 5.74) is 1.87. The molecule has 1 fully saturated rings. The Balaban J connectivity index is 1.45. The van der Waals surface area contributed by atoms with E-state index in [4.69, 9.17) is 24.2 Å². The van der Waals surface area contributed by atoms with Crippen molar-refractivity contribution in [1.82, 2.24) is 19.4 Å². The molecule has 2 aromatic carbocycles. The van der Waals surface area contributed by atoms with Crippen LogP contribution in [0.25, 0.3) is 10.3 Å². The van der Waals surface area contributed by atoms with Crippen LogP contribution in [-0.4, -0.2) is 46.3 Å². The number of likely N-dealkylation sites (tertiary alicyclic amines) is 1. The summed E-state index contributed by atoms with van der Waals surface area (Å²) in [6.45, 7) is 5.11. The summed E-state index contributed by atoms with van der Waals surface area (Å²) >= 11 is 1.38. The van der Waals surface area contributed by atoms with Crippen molar-refractivity contribution in [3.8, 4) is 11.5 Å². The number of ether oxygens (including phenoxy) is 3.